The molecule has 0 spiro atoms. The summed E-state index contributed by atoms with van der Waals surface area (Å²) in [5, 5.41) is 9.92. The summed E-state index contributed by atoms with van der Waals surface area (Å²) in [4.78, 5) is 10.9. The van der Waals surface area contributed by atoms with Crippen LogP contribution in [-0.4, -0.2) is 16.5 Å². The topological polar surface area (TPSA) is 37.3 Å². The van der Waals surface area contributed by atoms with Crippen LogP contribution in [0.15, 0.2) is 30.3 Å². The van der Waals surface area contributed by atoms with Crippen LogP contribution in [0.3, 0.4) is 0 Å². The Balaban J connectivity index is 2.63. The van der Waals surface area contributed by atoms with Crippen LogP contribution >= 0.6 is 0 Å². The number of carbonyl (C=O) groups is 1. The van der Waals surface area contributed by atoms with Gasteiger partial charge >= 0.3 is 0 Å². The highest BCUT2D eigenvalue weighted by molar-refractivity contribution is 5.76. The summed E-state index contributed by atoms with van der Waals surface area (Å²) in [6.07, 6.45) is 0.731. The molecule has 76 valence electrons. The van der Waals surface area contributed by atoms with Crippen LogP contribution in [0.2, 0.25) is 0 Å². The molecule has 0 amide bonds. The molecule has 0 aliphatic carbocycles. The van der Waals surface area contributed by atoms with Gasteiger partial charge in [0, 0.05) is 12.8 Å². The average Bonchev–Trinajstić information content (AvgIpc) is 2.02. The van der Waals surface area contributed by atoms with E-state index in [0.717, 1.165) is 5.56 Å². The number of aliphatic hydroxyl groups is 1. The third kappa shape index (κ3) is 3.71. The number of carbonyl (C=O) groups excluding carboxylic acids is 1. The Morgan fingerprint density at radius 2 is 1.93 bits per heavy atom. The van der Waals surface area contributed by atoms with Crippen molar-refractivity contribution >= 4 is 5.78 Å². The van der Waals surface area contributed by atoms with E-state index < -0.39 is 5.60 Å². The Morgan fingerprint density at radius 3 is 2.43 bits per heavy atom. The lowest BCUT2D eigenvalue weighted by atomic mass is 9.92. The Labute approximate surface area is 84.6 Å². The van der Waals surface area contributed by atoms with Crippen molar-refractivity contribution < 1.29 is 9.90 Å². The minimum atomic E-state index is -0.923. The standard InChI is InChI=1S/C12H16O2/c1-10(13)8-12(2,14)9-11-6-4-3-5-7-11/h3-7,14H,8-9H2,1-2H3. The highest BCUT2D eigenvalue weighted by atomic mass is 16.3. The van der Waals surface area contributed by atoms with E-state index in [4.69, 9.17) is 0 Å². The Morgan fingerprint density at radius 1 is 1.36 bits per heavy atom. The summed E-state index contributed by atoms with van der Waals surface area (Å²) < 4.78 is 0. The van der Waals surface area contributed by atoms with Gasteiger partial charge in [-0.1, -0.05) is 30.3 Å². The van der Waals surface area contributed by atoms with Crippen LogP contribution in [0, 0.1) is 0 Å². The molecule has 0 aliphatic heterocycles. The molecule has 0 fully saturated rings. The lowest BCUT2D eigenvalue weighted by molar-refractivity contribution is -0.121. The van der Waals surface area contributed by atoms with Gasteiger partial charge in [0.05, 0.1) is 5.60 Å². The normalized spacial score (nSPS) is 14.8. The highest BCUT2D eigenvalue weighted by Crippen LogP contribution is 2.16. The minimum absolute atomic E-state index is 0.0194. The maximum absolute atomic E-state index is 10.9. The third-order valence-electron chi connectivity index (χ3n) is 2.06. The fourth-order valence-corrected chi connectivity index (χ4v) is 1.63. The van der Waals surface area contributed by atoms with Gasteiger partial charge in [-0.2, -0.15) is 0 Å². The zero-order valence-electron chi connectivity index (χ0n) is 8.66. The second-order valence-corrected chi connectivity index (χ2v) is 4.04. The van der Waals surface area contributed by atoms with Gasteiger partial charge in [-0.15, -0.1) is 0 Å². The second-order valence-electron chi connectivity index (χ2n) is 4.04. The van der Waals surface area contributed by atoms with E-state index >= 15 is 0 Å². The quantitative estimate of drug-likeness (QED) is 0.791. The maximum Gasteiger partial charge on any atom is 0.132 e. The lowest BCUT2D eigenvalue weighted by Gasteiger charge is -2.21. The number of ketones is 1. The smallest absolute Gasteiger partial charge is 0.132 e. The van der Waals surface area contributed by atoms with Gasteiger partial charge in [0.15, 0.2) is 0 Å². The first kappa shape index (κ1) is 10.9. The van der Waals surface area contributed by atoms with Crippen molar-refractivity contribution in [1.29, 1.82) is 0 Å². The molecule has 0 bridgehead atoms. The van der Waals surface area contributed by atoms with E-state index in [1.54, 1.807) is 6.92 Å². The van der Waals surface area contributed by atoms with E-state index in [0.29, 0.717) is 6.42 Å². The molecule has 0 aliphatic rings. The molecule has 2 nitrogen and oxygen atoms in total. The van der Waals surface area contributed by atoms with E-state index in [2.05, 4.69) is 0 Å². The van der Waals surface area contributed by atoms with Crippen molar-refractivity contribution in [2.24, 2.45) is 0 Å². The van der Waals surface area contributed by atoms with Crippen LogP contribution in [0.4, 0.5) is 0 Å². The zero-order valence-corrected chi connectivity index (χ0v) is 8.66. The predicted octanol–water partition coefficient (Wildman–Crippen LogP) is 1.96. The van der Waals surface area contributed by atoms with Gasteiger partial charge in [-0.25, -0.2) is 0 Å². The molecule has 0 heterocycles. The van der Waals surface area contributed by atoms with Crippen molar-refractivity contribution in [3.63, 3.8) is 0 Å². The third-order valence-corrected chi connectivity index (χ3v) is 2.06. The number of hydrogen-bond acceptors (Lipinski definition) is 2. The minimum Gasteiger partial charge on any atom is -0.389 e. The van der Waals surface area contributed by atoms with Crippen molar-refractivity contribution in [3.05, 3.63) is 35.9 Å². The fourth-order valence-electron chi connectivity index (χ4n) is 1.63. The van der Waals surface area contributed by atoms with Crippen LogP contribution < -0.4 is 0 Å². The van der Waals surface area contributed by atoms with Crippen molar-refractivity contribution in [3.8, 4) is 0 Å². The molecule has 1 rings (SSSR count). The number of rotatable bonds is 4. The molecule has 1 aromatic carbocycles. The van der Waals surface area contributed by atoms with Crippen molar-refractivity contribution in [2.75, 3.05) is 0 Å². The fraction of sp³-hybridized carbons (Fsp3) is 0.417. The van der Waals surface area contributed by atoms with E-state index in [1.807, 2.05) is 30.3 Å². The van der Waals surface area contributed by atoms with Gasteiger partial charge in [0.2, 0.25) is 0 Å². The second kappa shape index (κ2) is 4.38. The van der Waals surface area contributed by atoms with Crippen LogP contribution in [0.25, 0.3) is 0 Å². The van der Waals surface area contributed by atoms with E-state index in [-0.39, 0.29) is 12.2 Å². The molecular weight excluding hydrogens is 176 g/mol. The van der Waals surface area contributed by atoms with Gasteiger partial charge < -0.3 is 5.11 Å². The van der Waals surface area contributed by atoms with E-state index in [1.165, 1.54) is 6.92 Å². The van der Waals surface area contributed by atoms with Gasteiger partial charge in [0.25, 0.3) is 0 Å². The molecule has 1 N–H and O–H groups in total. The summed E-state index contributed by atoms with van der Waals surface area (Å²) in [7, 11) is 0. The molecule has 1 unspecified atom stereocenters. The molecule has 0 saturated heterocycles. The maximum atomic E-state index is 10.9. The SMILES string of the molecule is CC(=O)CC(C)(O)Cc1ccccc1. The summed E-state index contributed by atoms with van der Waals surface area (Å²) in [5.41, 5.74) is 0.131. The molecule has 1 aromatic rings. The first-order chi connectivity index (χ1) is 6.49. The predicted molar refractivity (Wildman–Crippen MR) is 56.1 cm³/mol. The summed E-state index contributed by atoms with van der Waals surface area (Å²) >= 11 is 0. The highest BCUT2D eigenvalue weighted by Gasteiger charge is 2.22. The summed E-state index contributed by atoms with van der Waals surface area (Å²) in [6, 6.07) is 9.70. The first-order valence-corrected chi connectivity index (χ1v) is 4.75. The Bertz CT molecular complexity index is 301. The van der Waals surface area contributed by atoms with Crippen LogP contribution in [0.1, 0.15) is 25.8 Å². The molecule has 2 heteroatoms. The number of benzene rings is 1. The summed E-state index contributed by atoms with van der Waals surface area (Å²) in [5.74, 6) is 0.0194. The van der Waals surface area contributed by atoms with Gasteiger partial charge in [0.1, 0.15) is 5.78 Å². The van der Waals surface area contributed by atoms with Crippen LogP contribution in [0.5, 0.6) is 0 Å². The van der Waals surface area contributed by atoms with Crippen molar-refractivity contribution in [1.82, 2.24) is 0 Å². The molecular formula is C12H16O2. The first-order valence-electron chi connectivity index (χ1n) is 4.75. The van der Waals surface area contributed by atoms with Crippen LogP contribution in [-0.2, 0) is 11.2 Å². The van der Waals surface area contributed by atoms with Gasteiger partial charge in [-0.3, -0.25) is 4.79 Å². The van der Waals surface area contributed by atoms with Crippen molar-refractivity contribution in [2.45, 2.75) is 32.3 Å². The summed E-state index contributed by atoms with van der Waals surface area (Å²) in [6.45, 7) is 3.20. The Kier molecular flexibility index (Phi) is 3.42. The monoisotopic (exact) mass is 192 g/mol. The Hall–Kier alpha value is -1.15. The number of hydrogen-bond donors (Lipinski definition) is 1. The zero-order chi connectivity index (χ0) is 10.6. The largest absolute Gasteiger partial charge is 0.389 e. The average molecular weight is 192 g/mol. The molecule has 0 aromatic heterocycles. The number of Topliss-reactive ketones (excluding diaryl/α,β-unsaturated/α-hetero) is 1. The lowest BCUT2D eigenvalue weighted by Crippen LogP contribution is -2.29. The molecule has 1 atom stereocenters. The molecule has 0 radical (unpaired) electrons. The van der Waals surface area contributed by atoms with E-state index in [9.17, 15) is 9.90 Å². The molecule has 0 saturated carbocycles. The van der Waals surface area contributed by atoms with Gasteiger partial charge in [-0.05, 0) is 19.4 Å². The molecule has 14 heavy (non-hydrogen) atoms.